The van der Waals surface area contributed by atoms with Crippen molar-refractivity contribution in [2.45, 2.75) is 52.1 Å². The van der Waals surface area contributed by atoms with Crippen LogP contribution in [0, 0.1) is 6.92 Å². The molecule has 26 heavy (non-hydrogen) atoms. The maximum Gasteiger partial charge on any atom is 0.344 e. The Labute approximate surface area is 153 Å². The third-order valence-electron chi connectivity index (χ3n) is 4.92. The van der Waals surface area contributed by atoms with E-state index in [2.05, 4.69) is 5.16 Å². The zero-order chi connectivity index (χ0) is 18.7. The number of carbonyl (C=O) groups is 2. The zero-order valence-corrected chi connectivity index (χ0v) is 15.4. The van der Waals surface area contributed by atoms with E-state index < -0.39 is 5.97 Å². The summed E-state index contributed by atoms with van der Waals surface area (Å²) in [6, 6.07) is 9.62. The van der Waals surface area contributed by atoms with Gasteiger partial charge in [0.15, 0.2) is 6.61 Å². The Morgan fingerprint density at radius 2 is 1.85 bits per heavy atom. The number of ether oxygens (including phenoxy) is 1. The lowest BCUT2D eigenvalue weighted by atomic mass is 9.97. The van der Waals surface area contributed by atoms with Gasteiger partial charge in [-0.25, -0.2) is 4.79 Å². The Bertz CT molecular complexity index is 774. The quantitative estimate of drug-likeness (QED) is 0.783. The molecule has 6 heteroatoms. The second-order valence-electron chi connectivity index (χ2n) is 6.83. The minimum Gasteiger partial charge on any atom is -0.452 e. The lowest BCUT2D eigenvalue weighted by molar-refractivity contribution is -0.140. The predicted octanol–water partition coefficient (Wildman–Crippen LogP) is 3.60. The minimum absolute atomic E-state index is 0.159. The third kappa shape index (κ3) is 3.64. The molecule has 138 valence electrons. The van der Waals surface area contributed by atoms with Gasteiger partial charge in [0.05, 0.1) is 0 Å². The molecular formula is C20H24N2O4. The maximum absolute atomic E-state index is 12.6. The molecule has 1 aliphatic heterocycles. The van der Waals surface area contributed by atoms with Crippen molar-refractivity contribution >= 4 is 11.9 Å². The van der Waals surface area contributed by atoms with Crippen LogP contribution < -0.4 is 0 Å². The lowest BCUT2D eigenvalue weighted by Crippen LogP contribution is -2.49. The smallest absolute Gasteiger partial charge is 0.344 e. The number of nitrogens with zero attached hydrogens (tertiary/aromatic N) is 2. The van der Waals surface area contributed by atoms with Gasteiger partial charge in [0.25, 0.3) is 5.91 Å². The van der Waals surface area contributed by atoms with Gasteiger partial charge in [0.1, 0.15) is 17.0 Å². The number of aromatic nitrogens is 1. The average Bonchev–Trinajstić information content (AvgIpc) is 3.02. The van der Waals surface area contributed by atoms with Crippen LogP contribution in [0.3, 0.4) is 0 Å². The van der Waals surface area contributed by atoms with E-state index in [1.165, 1.54) is 0 Å². The zero-order valence-electron chi connectivity index (χ0n) is 15.4. The van der Waals surface area contributed by atoms with Crippen LogP contribution in [0.1, 0.15) is 49.2 Å². The van der Waals surface area contributed by atoms with Crippen molar-refractivity contribution in [3.63, 3.8) is 0 Å². The molecule has 1 saturated heterocycles. The van der Waals surface area contributed by atoms with Crippen LogP contribution in [0.5, 0.6) is 0 Å². The van der Waals surface area contributed by atoms with Crippen molar-refractivity contribution < 1.29 is 18.8 Å². The highest BCUT2D eigenvalue weighted by molar-refractivity contribution is 5.98. The van der Waals surface area contributed by atoms with Gasteiger partial charge in [-0.3, -0.25) is 4.79 Å². The molecule has 1 aliphatic rings. The van der Waals surface area contributed by atoms with Crippen LogP contribution in [0.4, 0.5) is 0 Å². The Kier molecular flexibility index (Phi) is 5.40. The second kappa shape index (κ2) is 7.72. The van der Waals surface area contributed by atoms with Crippen LogP contribution in [-0.4, -0.2) is 40.6 Å². The van der Waals surface area contributed by atoms with E-state index in [4.69, 9.17) is 9.26 Å². The summed E-state index contributed by atoms with van der Waals surface area (Å²) in [5.74, 6) is -0.373. The Hall–Kier alpha value is -2.63. The SMILES string of the molecule is Cc1onc(-c2ccccc2)c1C(=O)OCC(=O)N1C(C)CCCC1C. The third-order valence-corrected chi connectivity index (χ3v) is 4.92. The molecule has 1 amide bonds. The fourth-order valence-corrected chi connectivity index (χ4v) is 3.59. The van der Waals surface area contributed by atoms with Crippen molar-refractivity contribution in [2.24, 2.45) is 0 Å². The first-order valence-electron chi connectivity index (χ1n) is 8.99. The summed E-state index contributed by atoms with van der Waals surface area (Å²) in [7, 11) is 0. The fourth-order valence-electron chi connectivity index (χ4n) is 3.59. The average molecular weight is 356 g/mol. The summed E-state index contributed by atoms with van der Waals surface area (Å²) in [5.41, 5.74) is 1.46. The highest BCUT2D eigenvalue weighted by Gasteiger charge is 2.30. The number of likely N-dealkylation sites (tertiary alicyclic amines) is 1. The van der Waals surface area contributed by atoms with Crippen molar-refractivity contribution in [1.29, 1.82) is 0 Å². The van der Waals surface area contributed by atoms with Crippen LogP contribution in [0.25, 0.3) is 11.3 Å². The summed E-state index contributed by atoms with van der Waals surface area (Å²) in [4.78, 5) is 26.9. The Morgan fingerprint density at radius 3 is 2.50 bits per heavy atom. The molecule has 2 heterocycles. The van der Waals surface area contributed by atoms with E-state index in [9.17, 15) is 9.59 Å². The molecule has 3 rings (SSSR count). The van der Waals surface area contributed by atoms with E-state index in [-0.39, 0.29) is 30.2 Å². The number of carbonyl (C=O) groups excluding carboxylic acids is 2. The first-order chi connectivity index (χ1) is 12.5. The molecule has 1 aromatic carbocycles. The van der Waals surface area contributed by atoms with Crippen LogP contribution in [0.2, 0.25) is 0 Å². The van der Waals surface area contributed by atoms with E-state index in [1.54, 1.807) is 6.92 Å². The van der Waals surface area contributed by atoms with E-state index in [0.717, 1.165) is 24.8 Å². The largest absolute Gasteiger partial charge is 0.452 e. The van der Waals surface area contributed by atoms with Gasteiger partial charge in [-0.15, -0.1) is 0 Å². The van der Waals surface area contributed by atoms with E-state index >= 15 is 0 Å². The number of rotatable bonds is 4. The molecule has 1 aromatic heterocycles. The molecule has 0 saturated carbocycles. The normalized spacial score (nSPS) is 20.0. The van der Waals surface area contributed by atoms with Crippen LogP contribution in [0.15, 0.2) is 34.9 Å². The molecule has 1 fully saturated rings. The predicted molar refractivity (Wildman–Crippen MR) is 96.6 cm³/mol. The number of amides is 1. The summed E-state index contributed by atoms with van der Waals surface area (Å²) >= 11 is 0. The molecule has 0 N–H and O–H groups in total. The molecule has 2 aromatic rings. The maximum atomic E-state index is 12.6. The van der Waals surface area contributed by atoms with Crippen molar-refractivity contribution in [3.05, 3.63) is 41.7 Å². The highest BCUT2D eigenvalue weighted by atomic mass is 16.5. The summed E-state index contributed by atoms with van der Waals surface area (Å²) in [5, 5.41) is 3.98. The molecule has 0 spiro atoms. The minimum atomic E-state index is -0.590. The van der Waals surface area contributed by atoms with E-state index in [0.29, 0.717) is 11.5 Å². The number of hydrogen-bond donors (Lipinski definition) is 0. The second-order valence-corrected chi connectivity index (χ2v) is 6.83. The van der Waals surface area contributed by atoms with Gasteiger partial charge in [0, 0.05) is 17.6 Å². The topological polar surface area (TPSA) is 72.6 Å². The van der Waals surface area contributed by atoms with Crippen LogP contribution in [-0.2, 0) is 9.53 Å². The number of piperidine rings is 1. The van der Waals surface area contributed by atoms with Gasteiger partial charge in [0.2, 0.25) is 0 Å². The number of aryl methyl sites for hydroxylation is 1. The van der Waals surface area contributed by atoms with Gasteiger partial charge in [-0.1, -0.05) is 35.5 Å². The fraction of sp³-hybridized carbons (Fsp3) is 0.450. The van der Waals surface area contributed by atoms with Gasteiger partial charge in [-0.05, 0) is 40.0 Å². The van der Waals surface area contributed by atoms with Gasteiger partial charge < -0.3 is 14.2 Å². The van der Waals surface area contributed by atoms with E-state index in [1.807, 2.05) is 49.1 Å². The standard InChI is InChI=1S/C20H24N2O4/c1-13-8-7-9-14(2)22(13)17(23)12-25-20(24)18-15(3)26-21-19(18)16-10-5-4-6-11-16/h4-6,10-11,13-14H,7-9,12H2,1-3H3. The summed E-state index contributed by atoms with van der Waals surface area (Å²) in [6.45, 7) is 5.46. The molecule has 0 aliphatic carbocycles. The Morgan fingerprint density at radius 1 is 1.19 bits per heavy atom. The monoisotopic (exact) mass is 356 g/mol. The number of benzene rings is 1. The number of esters is 1. The van der Waals surface area contributed by atoms with Crippen molar-refractivity contribution in [2.75, 3.05) is 6.61 Å². The van der Waals surface area contributed by atoms with Crippen LogP contribution >= 0.6 is 0 Å². The molecular weight excluding hydrogens is 332 g/mol. The molecule has 2 unspecified atom stereocenters. The highest BCUT2D eigenvalue weighted by Crippen LogP contribution is 2.26. The summed E-state index contributed by atoms with van der Waals surface area (Å²) < 4.78 is 10.5. The van der Waals surface area contributed by atoms with Crippen molar-refractivity contribution in [3.8, 4) is 11.3 Å². The first kappa shape index (κ1) is 18.2. The summed E-state index contributed by atoms with van der Waals surface area (Å²) in [6.07, 6.45) is 3.08. The first-order valence-corrected chi connectivity index (χ1v) is 8.99. The number of hydrogen-bond acceptors (Lipinski definition) is 5. The van der Waals surface area contributed by atoms with Gasteiger partial charge >= 0.3 is 5.97 Å². The Balaban J connectivity index is 1.71. The van der Waals surface area contributed by atoms with Gasteiger partial charge in [-0.2, -0.15) is 0 Å². The molecule has 0 radical (unpaired) electrons. The van der Waals surface area contributed by atoms with Crippen molar-refractivity contribution in [1.82, 2.24) is 10.1 Å². The molecule has 2 atom stereocenters. The molecule has 0 bridgehead atoms. The lowest BCUT2D eigenvalue weighted by Gasteiger charge is -2.38. The molecule has 6 nitrogen and oxygen atoms in total.